The average molecular weight is 297 g/mol. The molecular formula is C14H20FN3O3. The summed E-state index contributed by atoms with van der Waals surface area (Å²) < 4.78 is 13.7. The van der Waals surface area contributed by atoms with Crippen LogP contribution in [-0.2, 0) is 4.79 Å². The lowest BCUT2D eigenvalue weighted by Gasteiger charge is -2.16. The number of amides is 1. The third-order valence-electron chi connectivity index (χ3n) is 3.06. The number of nitrogens with two attached hydrogens (primary N) is 1. The van der Waals surface area contributed by atoms with Crippen molar-refractivity contribution >= 4 is 17.3 Å². The van der Waals surface area contributed by atoms with Gasteiger partial charge in [0.2, 0.25) is 5.91 Å². The first-order chi connectivity index (χ1) is 9.85. The Hall–Kier alpha value is -2.02. The third-order valence-corrected chi connectivity index (χ3v) is 3.06. The van der Waals surface area contributed by atoms with E-state index in [1.807, 2.05) is 13.8 Å². The minimum Gasteiger partial charge on any atom is -0.330 e. The molecule has 0 fully saturated rings. The molecule has 0 aromatic heterocycles. The summed E-state index contributed by atoms with van der Waals surface area (Å²) in [6, 6.07) is 3.44. The smallest absolute Gasteiger partial charge is 0.295 e. The fourth-order valence-corrected chi connectivity index (χ4v) is 2.17. The second kappa shape index (κ2) is 7.68. The monoisotopic (exact) mass is 297 g/mol. The van der Waals surface area contributed by atoms with Crippen molar-refractivity contribution in [1.82, 2.24) is 0 Å². The first-order valence-electron chi connectivity index (χ1n) is 6.78. The number of halogens is 1. The van der Waals surface area contributed by atoms with E-state index in [0.717, 1.165) is 18.6 Å². The zero-order valence-electron chi connectivity index (χ0n) is 12.1. The van der Waals surface area contributed by atoms with E-state index in [9.17, 15) is 19.3 Å². The summed E-state index contributed by atoms with van der Waals surface area (Å²) >= 11 is 0. The Kier molecular flexibility index (Phi) is 6.23. The molecule has 0 spiro atoms. The zero-order valence-corrected chi connectivity index (χ0v) is 12.1. The van der Waals surface area contributed by atoms with Crippen LogP contribution in [0.5, 0.6) is 0 Å². The number of anilines is 1. The average Bonchev–Trinajstić information content (AvgIpc) is 2.39. The molecule has 1 rings (SSSR count). The van der Waals surface area contributed by atoms with Crippen LogP contribution in [0, 0.1) is 27.8 Å². The molecular weight excluding hydrogens is 277 g/mol. The van der Waals surface area contributed by atoms with Gasteiger partial charge in [-0.1, -0.05) is 19.9 Å². The first-order valence-corrected chi connectivity index (χ1v) is 6.78. The minimum absolute atomic E-state index is 0.0316. The summed E-state index contributed by atoms with van der Waals surface area (Å²) in [5.41, 5.74) is 4.75. The van der Waals surface area contributed by atoms with Gasteiger partial charge in [-0.25, -0.2) is 4.39 Å². The summed E-state index contributed by atoms with van der Waals surface area (Å²) in [5.74, 6) is -0.949. The predicted octanol–water partition coefficient (Wildman–Crippen LogP) is 2.68. The predicted molar refractivity (Wildman–Crippen MR) is 78.3 cm³/mol. The van der Waals surface area contributed by atoms with Gasteiger partial charge in [-0.3, -0.25) is 14.9 Å². The number of hydrogen-bond acceptors (Lipinski definition) is 4. The molecule has 0 aliphatic heterocycles. The normalized spacial score (nSPS) is 12.2. The maximum Gasteiger partial charge on any atom is 0.295 e. The molecule has 1 amide bonds. The van der Waals surface area contributed by atoms with Crippen LogP contribution in [0.1, 0.15) is 26.7 Å². The lowest BCUT2D eigenvalue weighted by molar-refractivity contribution is -0.384. The lowest BCUT2D eigenvalue weighted by atomic mass is 9.94. The highest BCUT2D eigenvalue weighted by Crippen LogP contribution is 2.27. The number of carbonyl (C=O) groups excluding carboxylic acids is 1. The third kappa shape index (κ3) is 5.11. The van der Waals surface area contributed by atoms with E-state index < -0.39 is 28.0 Å². The molecule has 0 heterocycles. The van der Waals surface area contributed by atoms with Gasteiger partial charge in [0.15, 0.2) is 11.5 Å². The van der Waals surface area contributed by atoms with Crippen molar-refractivity contribution in [3.63, 3.8) is 0 Å². The standard InChI is InChI=1S/C14H20FN3O3/c1-9(2)6-10(8-16)7-13(19)17-14-11(15)4-3-5-12(14)18(20)21/h3-5,9-10H,6-8,16H2,1-2H3,(H,17,19). The molecule has 1 unspecified atom stereocenters. The van der Waals surface area contributed by atoms with Gasteiger partial charge in [-0.05, 0) is 30.9 Å². The van der Waals surface area contributed by atoms with Crippen molar-refractivity contribution in [2.45, 2.75) is 26.7 Å². The molecule has 7 heteroatoms. The molecule has 0 bridgehead atoms. The number of rotatable bonds is 7. The van der Waals surface area contributed by atoms with E-state index in [1.165, 1.54) is 6.07 Å². The van der Waals surface area contributed by atoms with Crippen LogP contribution >= 0.6 is 0 Å². The van der Waals surface area contributed by atoms with Gasteiger partial charge in [0, 0.05) is 12.5 Å². The quantitative estimate of drug-likeness (QED) is 0.597. The molecule has 3 N–H and O–H groups in total. The van der Waals surface area contributed by atoms with Gasteiger partial charge in [0.05, 0.1) is 4.92 Å². The van der Waals surface area contributed by atoms with E-state index in [1.54, 1.807) is 0 Å². The van der Waals surface area contributed by atoms with Crippen LogP contribution < -0.4 is 11.1 Å². The highest BCUT2D eigenvalue weighted by atomic mass is 19.1. The molecule has 1 aromatic rings. The zero-order chi connectivity index (χ0) is 16.0. The number of nitro benzene ring substituents is 1. The van der Waals surface area contributed by atoms with Gasteiger partial charge in [-0.2, -0.15) is 0 Å². The van der Waals surface area contributed by atoms with Crippen molar-refractivity contribution in [1.29, 1.82) is 0 Å². The van der Waals surface area contributed by atoms with E-state index in [-0.39, 0.29) is 12.3 Å². The Balaban J connectivity index is 2.81. The Bertz CT molecular complexity index is 520. The van der Waals surface area contributed by atoms with E-state index >= 15 is 0 Å². The summed E-state index contributed by atoms with van der Waals surface area (Å²) in [4.78, 5) is 22.1. The Morgan fingerprint density at radius 1 is 1.48 bits per heavy atom. The first kappa shape index (κ1) is 17.0. The van der Waals surface area contributed by atoms with Gasteiger partial charge < -0.3 is 11.1 Å². The van der Waals surface area contributed by atoms with Gasteiger partial charge in [-0.15, -0.1) is 0 Å². The van der Waals surface area contributed by atoms with Crippen LogP contribution in [0.2, 0.25) is 0 Å². The molecule has 0 aliphatic rings. The van der Waals surface area contributed by atoms with Gasteiger partial charge in [0.25, 0.3) is 5.69 Å². The van der Waals surface area contributed by atoms with E-state index in [2.05, 4.69) is 5.32 Å². The summed E-state index contributed by atoms with van der Waals surface area (Å²) in [6.07, 6.45) is 0.878. The number of nitrogens with zero attached hydrogens (tertiary/aromatic N) is 1. The number of hydrogen-bond donors (Lipinski definition) is 2. The van der Waals surface area contributed by atoms with Crippen LogP contribution in [0.25, 0.3) is 0 Å². The molecule has 21 heavy (non-hydrogen) atoms. The van der Waals surface area contributed by atoms with Gasteiger partial charge >= 0.3 is 0 Å². The number of para-hydroxylation sites is 1. The van der Waals surface area contributed by atoms with Crippen LogP contribution in [0.3, 0.4) is 0 Å². The van der Waals surface area contributed by atoms with Crippen molar-refractivity contribution in [2.75, 3.05) is 11.9 Å². The molecule has 1 atom stereocenters. The van der Waals surface area contributed by atoms with Gasteiger partial charge in [0.1, 0.15) is 0 Å². The largest absolute Gasteiger partial charge is 0.330 e. The Morgan fingerprint density at radius 2 is 2.14 bits per heavy atom. The fourth-order valence-electron chi connectivity index (χ4n) is 2.17. The highest BCUT2D eigenvalue weighted by Gasteiger charge is 2.21. The number of nitro groups is 1. The van der Waals surface area contributed by atoms with Crippen molar-refractivity contribution in [3.05, 3.63) is 34.1 Å². The van der Waals surface area contributed by atoms with Crippen LogP contribution in [0.4, 0.5) is 15.8 Å². The minimum atomic E-state index is -0.828. The molecule has 0 saturated carbocycles. The Morgan fingerprint density at radius 3 is 2.67 bits per heavy atom. The summed E-state index contributed by atoms with van der Waals surface area (Å²) in [6.45, 7) is 4.37. The number of carbonyl (C=O) groups is 1. The summed E-state index contributed by atoms with van der Waals surface area (Å²) in [5, 5.41) is 13.1. The molecule has 116 valence electrons. The highest BCUT2D eigenvalue weighted by molar-refractivity contribution is 5.93. The fraction of sp³-hybridized carbons (Fsp3) is 0.500. The Labute approximate surface area is 122 Å². The molecule has 0 saturated heterocycles. The SMILES string of the molecule is CC(C)CC(CN)CC(=O)Nc1c(F)cccc1[N+](=O)[O-]. The molecule has 0 aliphatic carbocycles. The topological polar surface area (TPSA) is 98.3 Å². The van der Waals surface area contributed by atoms with Crippen molar-refractivity contribution in [2.24, 2.45) is 17.6 Å². The second-order valence-electron chi connectivity index (χ2n) is 5.37. The van der Waals surface area contributed by atoms with E-state index in [4.69, 9.17) is 5.73 Å². The molecule has 6 nitrogen and oxygen atoms in total. The second-order valence-corrected chi connectivity index (χ2v) is 5.37. The van der Waals surface area contributed by atoms with Crippen LogP contribution in [-0.4, -0.2) is 17.4 Å². The van der Waals surface area contributed by atoms with Crippen molar-refractivity contribution < 1.29 is 14.1 Å². The maximum absolute atomic E-state index is 13.7. The maximum atomic E-state index is 13.7. The molecule has 0 radical (unpaired) electrons. The van der Waals surface area contributed by atoms with Crippen LogP contribution in [0.15, 0.2) is 18.2 Å². The molecule has 1 aromatic carbocycles. The number of benzene rings is 1. The van der Waals surface area contributed by atoms with E-state index in [0.29, 0.717) is 12.5 Å². The number of nitrogens with one attached hydrogen (secondary N) is 1. The van der Waals surface area contributed by atoms with Crippen molar-refractivity contribution in [3.8, 4) is 0 Å². The lowest BCUT2D eigenvalue weighted by Crippen LogP contribution is -2.24. The summed E-state index contributed by atoms with van der Waals surface area (Å²) in [7, 11) is 0.